The second kappa shape index (κ2) is 9.44. The maximum atomic E-state index is 13.2. The Balaban J connectivity index is 1.23. The molecule has 34 heavy (non-hydrogen) atoms. The van der Waals surface area contributed by atoms with Crippen molar-refractivity contribution in [3.8, 4) is 5.75 Å². The fraction of sp³-hybridized carbons (Fsp3) is 0.231. The van der Waals surface area contributed by atoms with Crippen LogP contribution in [0.4, 0.5) is 22.7 Å². The molecule has 0 unspecified atom stereocenters. The molecule has 0 spiro atoms. The Labute approximate surface area is 197 Å². The van der Waals surface area contributed by atoms with Crippen LogP contribution in [0.3, 0.4) is 0 Å². The van der Waals surface area contributed by atoms with E-state index in [0.717, 1.165) is 11.4 Å². The molecule has 0 bridgehead atoms. The summed E-state index contributed by atoms with van der Waals surface area (Å²) in [7, 11) is 0. The summed E-state index contributed by atoms with van der Waals surface area (Å²) >= 11 is 0. The highest BCUT2D eigenvalue weighted by molar-refractivity contribution is 6.22. The zero-order chi connectivity index (χ0) is 23.5. The fourth-order valence-corrected chi connectivity index (χ4v) is 4.46. The Morgan fingerprint density at radius 1 is 0.735 bits per heavy atom. The molecular weight excluding hydrogens is 430 g/mol. The third-order valence-electron chi connectivity index (χ3n) is 6.25. The lowest BCUT2D eigenvalue weighted by molar-refractivity contribution is -0.123. The summed E-state index contributed by atoms with van der Waals surface area (Å²) in [6.45, 7) is 2.64. The minimum Gasteiger partial charge on any atom is -0.506 e. The van der Waals surface area contributed by atoms with Crippen LogP contribution in [0.25, 0.3) is 0 Å². The number of phenols is 1. The monoisotopic (exact) mass is 455 g/mol. The Morgan fingerprint density at radius 3 is 2.03 bits per heavy atom. The maximum absolute atomic E-state index is 13.2. The molecule has 1 atom stereocenters. The number of anilines is 2. The average Bonchev–Trinajstić information content (AvgIpc) is 3.18. The number of carbonyl (C=O) groups is 2. The van der Waals surface area contributed by atoms with E-state index in [2.05, 4.69) is 20.0 Å². The van der Waals surface area contributed by atoms with Gasteiger partial charge < -0.3 is 10.0 Å². The number of carbonyl (C=O) groups excluding carboxylic acids is 2. The number of nitrogens with zero attached hydrogens (tertiary/aromatic N) is 5. The zero-order valence-corrected chi connectivity index (χ0v) is 18.6. The number of hydrogen-bond acceptors (Lipinski definition) is 7. The Hall–Kier alpha value is -4.04. The summed E-state index contributed by atoms with van der Waals surface area (Å²) < 4.78 is 0. The number of imide groups is 1. The first-order valence-electron chi connectivity index (χ1n) is 11.3. The second-order valence-electron chi connectivity index (χ2n) is 8.35. The van der Waals surface area contributed by atoms with Crippen LogP contribution in [-0.2, 0) is 9.59 Å². The number of piperazine rings is 1. The van der Waals surface area contributed by atoms with Gasteiger partial charge in [-0.15, -0.1) is 0 Å². The molecule has 8 nitrogen and oxygen atoms in total. The van der Waals surface area contributed by atoms with Gasteiger partial charge in [-0.05, 0) is 48.5 Å². The van der Waals surface area contributed by atoms with Gasteiger partial charge in [0, 0.05) is 26.2 Å². The summed E-state index contributed by atoms with van der Waals surface area (Å²) in [6.07, 6.45) is 0.172. The molecule has 0 aliphatic carbocycles. The molecule has 2 aliphatic heterocycles. The molecule has 3 aromatic rings. The third-order valence-corrected chi connectivity index (χ3v) is 6.25. The molecule has 1 N–H and O–H groups in total. The van der Waals surface area contributed by atoms with Crippen LogP contribution in [0.2, 0.25) is 0 Å². The van der Waals surface area contributed by atoms with Crippen molar-refractivity contribution < 1.29 is 14.7 Å². The minimum absolute atomic E-state index is 0.172. The van der Waals surface area contributed by atoms with E-state index >= 15 is 0 Å². The highest BCUT2D eigenvalue weighted by atomic mass is 16.3. The van der Waals surface area contributed by atoms with Crippen LogP contribution in [0.1, 0.15) is 6.42 Å². The van der Waals surface area contributed by atoms with E-state index in [-0.39, 0.29) is 24.0 Å². The van der Waals surface area contributed by atoms with Gasteiger partial charge in [0.2, 0.25) is 5.91 Å². The largest absolute Gasteiger partial charge is 0.506 e. The number of para-hydroxylation sites is 2. The molecule has 8 heteroatoms. The SMILES string of the molecule is O=C1C[C@H](N2CCN(c3ccccc3O)CC2)C(=O)N1c1ccc(N=Nc2ccccc2)cc1. The number of rotatable bonds is 5. The quantitative estimate of drug-likeness (QED) is 0.459. The molecule has 3 aromatic carbocycles. The lowest BCUT2D eigenvalue weighted by Gasteiger charge is -2.38. The van der Waals surface area contributed by atoms with Gasteiger partial charge in [-0.2, -0.15) is 10.2 Å². The first-order chi connectivity index (χ1) is 16.6. The summed E-state index contributed by atoms with van der Waals surface area (Å²) in [6, 6.07) is 23.2. The van der Waals surface area contributed by atoms with Crippen LogP contribution in [0.5, 0.6) is 5.75 Å². The number of hydrogen-bond donors (Lipinski definition) is 1. The van der Waals surface area contributed by atoms with E-state index < -0.39 is 6.04 Å². The van der Waals surface area contributed by atoms with Crippen molar-refractivity contribution in [1.82, 2.24) is 4.90 Å². The smallest absolute Gasteiger partial charge is 0.251 e. The normalized spacial score (nSPS) is 19.4. The predicted molar refractivity (Wildman–Crippen MR) is 130 cm³/mol. The number of aromatic hydroxyl groups is 1. The van der Waals surface area contributed by atoms with Gasteiger partial charge in [0.05, 0.1) is 35.2 Å². The van der Waals surface area contributed by atoms with E-state index in [1.165, 1.54) is 4.90 Å². The van der Waals surface area contributed by atoms with Crippen LogP contribution in [-0.4, -0.2) is 54.0 Å². The van der Waals surface area contributed by atoms with E-state index in [9.17, 15) is 14.7 Å². The Kier molecular flexibility index (Phi) is 6.05. The average molecular weight is 456 g/mol. The number of azo groups is 1. The standard InChI is InChI=1S/C26H25N5O3/c32-24-9-5-4-8-22(24)29-14-16-30(17-15-29)23-18-25(33)31(26(23)34)21-12-10-20(11-13-21)28-27-19-6-2-1-3-7-19/h1-13,23,32H,14-18H2/t23-/m0/s1. The first kappa shape index (κ1) is 21.8. The molecule has 2 fully saturated rings. The second-order valence-corrected chi connectivity index (χ2v) is 8.35. The zero-order valence-electron chi connectivity index (χ0n) is 18.6. The number of amides is 2. The van der Waals surface area contributed by atoms with E-state index in [4.69, 9.17) is 0 Å². The molecule has 2 heterocycles. The van der Waals surface area contributed by atoms with Crippen molar-refractivity contribution in [2.75, 3.05) is 36.0 Å². The van der Waals surface area contributed by atoms with Crippen LogP contribution < -0.4 is 9.80 Å². The lowest BCUT2D eigenvalue weighted by Crippen LogP contribution is -2.52. The van der Waals surface area contributed by atoms with Gasteiger partial charge in [0.15, 0.2) is 0 Å². The van der Waals surface area contributed by atoms with Crippen molar-refractivity contribution in [2.45, 2.75) is 12.5 Å². The van der Waals surface area contributed by atoms with Crippen molar-refractivity contribution >= 4 is 34.6 Å². The Bertz CT molecular complexity index is 1200. The van der Waals surface area contributed by atoms with Gasteiger partial charge in [-0.25, -0.2) is 4.90 Å². The van der Waals surface area contributed by atoms with Crippen molar-refractivity contribution in [3.05, 3.63) is 78.9 Å². The molecule has 2 amide bonds. The summed E-state index contributed by atoms with van der Waals surface area (Å²) in [4.78, 5) is 31.4. The van der Waals surface area contributed by atoms with Crippen LogP contribution in [0, 0.1) is 0 Å². The fourth-order valence-electron chi connectivity index (χ4n) is 4.46. The van der Waals surface area contributed by atoms with Gasteiger partial charge in [-0.3, -0.25) is 14.5 Å². The van der Waals surface area contributed by atoms with Crippen molar-refractivity contribution in [2.24, 2.45) is 10.2 Å². The topological polar surface area (TPSA) is 88.8 Å². The van der Waals surface area contributed by atoms with Gasteiger partial charge in [0.1, 0.15) is 5.75 Å². The maximum Gasteiger partial charge on any atom is 0.251 e. The number of phenolic OH excluding ortho intramolecular Hbond substituents is 1. The van der Waals surface area contributed by atoms with Gasteiger partial charge in [0.25, 0.3) is 5.91 Å². The number of benzene rings is 3. The summed E-state index contributed by atoms with van der Waals surface area (Å²) in [5.41, 5.74) is 2.73. The molecule has 2 saturated heterocycles. The van der Waals surface area contributed by atoms with Gasteiger partial charge >= 0.3 is 0 Å². The van der Waals surface area contributed by atoms with Gasteiger partial charge in [-0.1, -0.05) is 30.3 Å². The Morgan fingerprint density at radius 2 is 1.35 bits per heavy atom. The highest BCUT2D eigenvalue weighted by Gasteiger charge is 2.43. The lowest BCUT2D eigenvalue weighted by atomic mass is 10.1. The summed E-state index contributed by atoms with van der Waals surface area (Å²) in [5, 5.41) is 18.5. The third kappa shape index (κ3) is 4.40. The molecule has 2 aliphatic rings. The first-order valence-corrected chi connectivity index (χ1v) is 11.3. The molecular formula is C26H25N5O3. The van der Waals surface area contributed by atoms with Crippen LogP contribution in [0.15, 0.2) is 89.1 Å². The van der Waals surface area contributed by atoms with E-state index in [1.807, 2.05) is 42.5 Å². The van der Waals surface area contributed by atoms with Crippen molar-refractivity contribution in [3.63, 3.8) is 0 Å². The predicted octanol–water partition coefficient (Wildman–Crippen LogP) is 4.26. The molecule has 5 rings (SSSR count). The molecule has 0 saturated carbocycles. The van der Waals surface area contributed by atoms with E-state index in [1.54, 1.807) is 36.4 Å². The minimum atomic E-state index is -0.462. The molecule has 0 aromatic heterocycles. The molecule has 172 valence electrons. The van der Waals surface area contributed by atoms with Crippen molar-refractivity contribution in [1.29, 1.82) is 0 Å². The highest BCUT2D eigenvalue weighted by Crippen LogP contribution is 2.31. The van der Waals surface area contributed by atoms with E-state index in [0.29, 0.717) is 37.6 Å². The van der Waals surface area contributed by atoms with Crippen LogP contribution >= 0.6 is 0 Å². The molecule has 0 radical (unpaired) electrons. The summed E-state index contributed by atoms with van der Waals surface area (Å²) in [5.74, 6) is -0.141.